The lowest BCUT2D eigenvalue weighted by atomic mass is 9.99. The molecule has 0 aliphatic heterocycles. The monoisotopic (exact) mass is 251 g/mol. The first-order chi connectivity index (χ1) is 8.45. The van der Waals surface area contributed by atoms with Crippen LogP contribution in [-0.4, -0.2) is 28.1 Å². The fourth-order valence-corrected chi connectivity index (χ4v) is 1.55. The summed E-state index contributed by atoms with van der Waals surface area (Å²) < 4.78 is 0. The number of hydrogen-bond donors (Lipinski definition) is 3. The molecule has 0 unspecified atom stereocenters. The third-order valence-corrected chi connectivity index (χ3v) is 2.87. The van der Waals surface area contributed by atoms with Crippen molar-refractivity contribution in [1.82, 2.24) is 5.32 Å². The van der Waals surface area contributed by atoms with Crippen molar-refractivity contribution in [2.45, 2.75) is 26.3 Å². The lowest BCUT2D eigenvalue weighted by Gasteiger charge is -2.20. The second-order valence-electron chi connectivity index (χ2n) is 4.23. The SMILES string of the molecule is CC[C@H](C)[C@H](NC(=O)c1cccc(O)c1)C(=O)O. The molecule has 1 aromatic rings. The molecule has 0 saturated heterocycles. The minimum absolute atomic E-state index is 0.0296. The second-order valence-corrected chi connectivity index (χ2v) is 4.23. The van der Waals surface area contributed by atoms with Crippen LogP contribution in [0.3, 0.4) is 0 Å². The van der Waals surface area contributed by atoms with Gasteiger partial charge in [-0.1, -0.05) is 26.3 Å². The van der Waals surface area contributed by atoms with Crippen LogP contribution >= 0.6 is 0 Å². The van der Waals surface area contributed by atoms with Gasteiger partial charge in [-0.2, -0.15) is 0 Å². The van der Waals surface area contributed by atoms with Crippen LogP contribution in [0.1, 0.15) is 30.6 Å². The average molecular weight is 251 g/mol. The van der Waals surface area contributed by atoms with Crippen LogP contribution < -0.4 is 5.32 Å². The summed E-state index contributed by atoms with van der Waals surface area (Å²) in [4.78, 5) is 22.9. The number of aliphatic carboxylic acids is 1. The number of amides is 1. The first-order valence-electron chi connectivity index (χ1n) is 5.78. The van der Waals surface area contributed by atoms with Gasteiger partial charge in [0.15, 0.2) is 0 Å². The van der Waals surface area contributed by atoms with Gasteiger partial charge in [0.2, 0.25) is 0 Å². The van der Waals surface area contributed by atoms with E-state index >= 15 is 0 Å². The minimum atomic E-state index is -1.06. The summed E-state index contributed by atoms with van der Waals surface area (Å²) in [5.74, 6) is -1.75. The van der Waals surface area contributed by atoms with Crippen LogP contribution in [0.4, 0.5) is 0 Å². The highest BCUT2D eigenvalue weighted by molar-refractivity contribution is 5.96. The largest absolute Gasteiger partial charge is 0.508 e. The summed E-state index contributed by atoms with van der Waals surface area (Å²) >= 11 is 0. The molecule has 2 atom stereocenters. The summed E-state index contributed by atoms with van der Waals surface area (Å²) in [5.41, 5.74) is 0.240. The summed E-state index contributed by atoms with van der Waals surface area (Å²) in [7, 11) is 0. The molecule has 0 bridgehead atoms. The number of phenolic OH excluding ortho intramolecular Hbond substituents is 1. The van der Waals surface area contributed by atoms with E-state index < -0.39 is 17.9 Å². The van der Waals surface area contributed by atoms with Crippen molar-refractivity contribution in [3.8, 4) is 5.75 Å². The Balaban J connectivity index is 2.82. The Labute approximate surface area is 105 Å². The van der Waals surface area contributed by atoms with Crippen molar-refractivity contribution in [2.75, 3.05) is 0 Å². The highest BCUT2D eigenvalue weighted by Crippen LogP contribution is 2.13. The number of carboxylic acids is 1. The number of rotatable bonds is 5. The Bertz CT molecular complexity index is 444. The predicted molar refractivity (Wildman–Crippen MR) is 66.5 cm³/mol. The molecule has 0 heterocycles. The number of carbonyl (C=O) groups excluding carboxylic acids is 1. The molecule has 1 amide bonds. The van der Waals surface area contributed by atoms with Crippen LogP contribution in [0.25, 0.3) is 0 Å². The molecule has 18 heavy (non-hydrogen) atoms. The van der Waals surface area contributed by atoms with E-state index in [9.17, 15) is 14.7 Å². The summed E-state index contributed by atoms with van der Waals surface area (Å²) in [6.45, 7) is 3.63. The van der Waals surface area contributed by atoms with Gasteiger partial charge in [-0.05, 0) is 24.1 Å². The molecule has 0 fully saturated rings. The molecule has 0 radical (unpaired) electrons. The van der Waals surface area contributed by atoms with E-state index in [1.807, 2.05) is 6.92 Å². The maximum Gasteiger partial charge on any atom is 0.326 e. The first kappa shape index (κ1) is 14.0. The fourth-order valence-electron chi connectivity index (χ4n) is 1.55. The Kier molecular flexibility index (Phi) is 4.71. The quantitative estimate of drug-likeness (QED) is 0.742. The summed E-state index contributed by atoms with van der Waals surface area (Å²) in [6.07, 6.45) is 0.650. The zero-order valence-electron chi connectivity index (χ0n) is 10.4. The van der Waals surface area contributed by atoms with E-state index in [2.05, 4.69) is 5.32 Å². The molecule has 0 spiro atoms. The van der Waals surface area contributed by atoms with E-state index in [0.717, 1.165) is 0 Å². The normalized spacial score (nSPS) is 13.7. The van der Waals surface area contributed by atoms with Gasteiger partial charge in [0, 0.05) is 5.56 Å². The van der Waals surface area contributed by atoms with Gasteiger partial charge >= 0.3 is 5.97 Å². The zero-order valence-corrected chi connectivity index (χ0v) is 10.4. The van der Waals surface area contributed by atoms with Gasteiger partial charge in [0.25, 0.3) is 5.91 Å². The third kappa shape index (κ3) is 3.48. The smallest absolute Gasteiger partial charge is 0.326 e. The van der Waals surface area contributed by atoms with Crippen LogP contribution in [-0.2, 0) is 4.79 Å². The first-order valence-corrected chi connectivity index (χ1v) is 5.78. The highest BCUT2D eigenvalue weighted by atomic mass is 16.4. The van der Waals surface area contributed by atoms with E-state index in [-0.39, 0.29) is 17.2 Å². The van der Waals surface area contributed by atoms with Crippen LogP contribution in [0.5, 0.6) is 5.75 Å². The number of benzene rings is 1. The molecule has 3 N–H and O–H groups in total. The number of aromatic hydroxyl groups is 1. The molecule has 1 rings (SSSR count). The molecule has 1 aromatic carbocycles. The van der Waals surface area contributed by atoms with Crippen molar-refractivity contribution >= 4 is 11.9 Å². The number of carbonyl (C=O) groups is 2. The van der Waals surface area contributed by atoms with Crippen molar-refractivity contribution < 1.29 is 19.8 Å². The standard InChI is InChI=1S/C13H17NO4/c1-3-8(2)11(13(17)18)14-12(16)9-5-4-6-10(15)7-9/h4-8,11,15H,3H2,1-2H3,(H,14,16)(H,17,18)/t8-,11-/m0/s1. The van der Waals surface area contributed by atoms with Crippen molar-refractivity contribution in [3.63, 3.8) is 0 Å². The van der Waals surface area contributed by atoms with E-state index in [1.165, 1.54) is 24.3 Å². The van der Waals surface area contributed by atoms with E-state index in [4.69, 9.17) is 5.11 Å². The van der Waals surface area contributed by atoms with Gasteiger partial charge in [0.1, 0.15) is 11.8 Å². The molecule has 0 aliphatic rings. The van der Waals surface area contributed by atoms with Crippen molar-refractivity contribution in [2.24, 2.45) is 5.92 Å². The number of carboxylic acid groups (broad SMARTS) is 1. The van der Waals surface area contributed by atoms with Crippen LogP contribution in [0.15, 0.2) is 24.3 Å². The van der Waals surface area contributed by atoms with Gasteiger partial charge in [-0.3, -0.25) is 4.79 Å². The molecular weight excluding hydrogens is 234 g/mol. The Morgan fingerprint density at radius 2 is 2.06 bits per heavy atom. The van der Waals surface area contributed by atoms with E-state index in [0.29, 0.717) is 6.42 Å². The molecule has 0 aliphatic carbocycles. The minimum Gasteiger partial charge on any atom is -0.508 e. The summed E-state index contributed by atoms with van der Waals surface area (Å²) in [6, 6.07) is 4.86. The number of phenols is 1. The van der Waals surface area contributed by atoms with Gasteiger partial charge in [-0.25, -0.2) is 4.79 Å². The topological polar surface area (TPSA) is 86.6 Å². The van der Waals surface area contributed by atoms with E-state index in [1.54, 1.807) is 6.92 Å². The second kappa shape index (κ2) is 6.05. The average Bonchev–Trinajstić information content (AvgIpc) is 2.34. The lowest BCUT2D eigenvalue weighted by Crippen LogP contribution is -2.45. The lowest BCUT2D eigenvalue weighted by molar-refractivity contribution is -0.140. The van der Waals surface area contributed by atoms with Gasteiger partial charge in [0.05, 0.1) is 0 Å². The molecular formula is C13H17NO4. The van der Waals surface area contributed by atoms with Crippen LogP contribution in [0.2, 0.25) is 0 Å². The number of hydrogen-bond acceptors (Lipinski definition) is 3. The van der Waals surface area contributed by atoms with Crippen molar-refractivity contribution in [3.05, 3.63) is 29.8 Å². The van der Waals surface area contributed by atoms with Crippen molar-refractivity contribution in [1.29, 1.82) is 0 Å². The predicted octanol–water partition coefficient (Wildman–Crippen LogP) is 1.62. The van der Waals surface area contributed by atoms with Gasteiger partial charge in [-0.15, -0.1) is 0 Å². The maximum absolute atomic E-state index is 11.8. The molecule has 0 aromatic heterocycles. The maximum atomic E-state index is 11.8. The third-order valence-electron chi connectivity index (χ3n) is 2.87. The summed E-state index contributed by atoms with van der Waals surface area (Å²) in [5, 5.41) is 20.8. The number of nitrogens with one attached hydrogen (secondary N) is 1. The van der Waals surface area contributed by atoms with Gasteiger partial charge < -0.3 is 15.5 Å². The Morgan fingerprint density at radius 1 is 1.39 bits per heavy atom. The van der Waals surface area contributed by atoms with Crippen LogP contribution in [0, 0.1) is 5.92 Å². The molecule has 5 nitrogen and oxygen atoms in total. The Hall–Kier alpha value is -2.04. The highest BCUT2D eigenvalue weighted by Gasteiger charge is 2.25. The Morgan fingerprint density at radius 3 is 2.56 bits per heavy atom. The fraction of sp³-hybridized carbons (Fsp3) is 0.385. The molecule has 98 valence electrons. The zero-order chi connectivity index (χ0) is 13.7. The molecule has 5 heteroatoms. The molecule has 0 saturated carbocycles.